The number of nitrogens with zero attached hydrogens (tertiary/aromatic N) is 1. The van der Waals surface area contributed by atoms with Crippen LogP contribution in [0.2, 0.25) is 5.02 Å². The van der Waals surface area contributed by atoms with Crippen LogP contribution in [0.4, 0.5) is 0 Å². The van der Waals surface area contributed by atoms with Gasteiger partial charge in [-0.05, 0) is 24.3 Å². The normalized spacial score (nSPS) is 16.2. The van der Waals surface area contributed by atoms with Crippen LogP contribution in [0.15, 0.2) is 24.3 Å². The van der Waals surface area contributed by atoms with Crippen LogP contribution in [0, 0.1) is 0 Å². The molecular weight excluding hydrogens is 270 g/mol. The highest BCUT2D eigenvalue weighted by Crippen LogP contribution is 2.21. The maximum absolute atomic E-state index is 11.3. The van der Waals surface area contributed by atoms with E-state index < -0.39 is 11.9 Å². The Hall–Kier alpha value is -1.75. The van der Waals surface area contributed by atoms with E-state index in [1.165, 1.54) is 4.90 Å². The minimum absolute atomic E-state index is 0.000907. The summed E-state index contributed by atoms with van der Waals surface area (Å²) in [6.07, 6.45) is 1.25. The molecule has 1 fully saturated rings. The van der Waals surface area contributed by atoms with Crippen molar-refractivity contribution < 1.29 is 19.4 Å². The Morgan fingerprint density at radius 2 is 1.79 bits per heavy atom. The second kappa shape index (κ2) is 5.93. The van der Waals surface area contributed by atoms with Crippen LogP contribution in [0.25, 0.3) is 0 Å². The van der Waals surface area contributed by atoms with E-state index in [4.69, 9.17) is 21.4 Å². The van der Waals surface area contributed by atoms with E-state index in [0.29, 0.717) is 31.0 Å². The molecule has 1 heterocycles. The molecule has 0 atom stereocenters. The first-order valence-corrected chi connectivity index (χ1v) is 6.38. The smallest absolute Gasteiger partial charge is 0.394 e. The summed E-state index contributed by atoms with van der Waals surface area (Å²) in [6, 6.07) is 7.08. The van der Waals surface area contributed by atoms with Crippen molar-refractivity contribution >= 4 is 23.5 Å². The maximum atomic E-state index is 11.3. The van der Waals surface area contributed by atoms with Crippen LogP contribution in [0.5, 0.6) is 5.75 Å². The van der Waals surface area contributed by atoms with E-state index in [2.05, 4.69) is 0 Å². The molecule has 5 nitrogen and oxygen atoms in total. The number of carboxylic acid groups (broad SMARTS) is 1. The summed E-state index contributed by atoms with van der Waals surface area (Å²) in [6.45, 7) is 0.812. The second-order valence-electron chi connectivity index (χ2n) is 4.37. The molecule has 0 aliphatic carbocycles. The Labute approximate surface area is 115 Å². The number of halogens is 1. The molecule has 0 bridgehead atoms. The minimum Gasteiger partial charge on any atom is -0.490 e. The Morgan fingerprint density at radius 1 is 1.21 bits per heavy atom. The van der Waals surface area contributed by atoms with Gasteiger partial charge in [0.2, 0.25) is 0 Å². The van der Waals surface area contributed by atoms with Gasteiger partial charge in [0.25, 0.3) is 0 Å². The highest BCUT2D eigenvalue weighted by molar-refractivity contribution is 6.31. The number of carbonyl (C=O) groups is 2. The Morgan fingerprint density at radius 3 is 2.32 bits per heavy atom. The molecule has 0 spiro atoms. The molecule has 19 heavy (non-hydrogen) atoms. The van der Waals surface area contributed by atoms with Crippen LogP contribution >= 0.6 is 11.6 Å². The SMILES string of the molecule is O=C(O)C(=O)N1CCC(Oc2ccc(Cl)cc2)CC1. The van der Waals surface area contributed by atoms with E-state index in [-0.39, 0.29) is 6.10 Å². The standard InChI is InChI=1S/C13H14ClNO4/c14-9-1-3-10(4-2-9)19-11-5-7-15(8-6-11)12(16)13(17)18/h1-4,11H,5-8H2,(H,17,18). The number of carboxylic acids is 1. The van der Waals surface area contributed by atoms with E-state index in [9.17, 15) is 9.59 Å². The van der Waals surface area contributed by atoms with Gasteiger partial charge in [-0.25, -0.2) is 4.79 Å². The number of piperidine rings is 1. The Kier molecular flexibility index (Phi) is 4.27. The quantitative estimate of drug-likeness (QED) is 0.841. The average Bonchev–Trinajstić information content (AvgIpc) is 2.41. The molecule has 1 aliphatic rings. The summed E-state index contributed by atoms with van der Waals surface area (Å²) in [5, 5.41) is 9.27. The van der Waals surface area contributed by atoms with Crippen molar-refractivity contribution in [3.8, 4) is 5.75 Å². The molecule has 1 aromatic rings. The van der Waals surface area contributed by atoms with Crippen LogP contribution in [0.3, 0.4) is 0 Å². The highest BCUT2D eigenvalue weighted by atomic mass is 35.5. The fraction of sp³-hybridized carbons (Fsp3) is 0.385. The van der Waals surface area contributed by atoms with Gasteiger partial charge in [-0.3, -0.25) is 4.79 Å². The van der Waals surface area contributed by atoms with E-state index in [1.54, 1.807) is 24.3 Å². The summed E-state index contributed by atoms with van der Waals surface area (Å²) in [5.41, 5.74) is 0. The van der Waals surface area contributed by atoms with Crippen molar-refractivity contribution in [3.05, 3.63) is 29.3 Å². The van der Waals surface area contributed by atoms with Gasteiger partial charge in [-0.15, -0.1) is 0 Å². The second-order valence-corrected chi connectivity index (χ2v) is 4.80. The fourth-order valence-electron chi connectivity index (χ4n) is 2.02. The number of carbonyl (C=O) groups excluding carboxylic acids is 1. The van der Waals surface area contributed by atoms with Crippen molar-refractivity contribution in [2.24, 2.45) is 0 Å². The topological polar surface area (TPSA) is 66.8 Å². The summed E-state index contributed by atoms with van der Waals surface area (Å²) in [4.78, 5) is 23.2. The summed E-state index contributed by atoms with van der Waals surface area (Å²) >= 11 is 5.78. The van der Waals surface area contributed by atoms with Crippen LogP contribution < -0.4 is 4.74 Å². The van der Waals surface area contributed by atoms with Crippen LogP contribution in [-0.2, 0) is 9.59 Å². The summed E-state index contributed by atoms with van der Waals surface area (Å²) < 4.78 is 5.75. The van der Waals surface area contributed by atoms with Gasteiger partial charge in [-0.1, -0.05) is 11.6 Å². The van der Waals surface area contributed by atoms with Crippen molar-refractivity contribution in [1.29, 1.82) is 0 Å². The van der Waals surface area contributed by atoms with Gasteiger partial charge >= 0.3 is 11.9 Å². The molecule has 0 radical (unpaired) electrons. The molecular formula is C13H14ClNO4. The highest BCUT2D eigenvalue weighted by Gasteiger charge is 2.27. The average molecular weight is 284 g/mol. The van der Waals surface area contributed by atoms with Crippen molar-refractivity contribution in [2.75, 3.05) is 13.1 Å². The molecule has 1 amide bonds. The number of likely N-dealkylation sites (tertiary alicyclic amines) is 1. The molecule has 0 aromatic heterocycles. The molecule has 0 unspecified atom stereocenters. The van der Waals surface area contributed by atoms with E-state index in [0.717, 1.165) is 5.75 Å². The zero-order valence-electron chi connectivity index (χ0n) is 10.2. The summed E-state index contributed by atoms with van der Waals surface area (Å²) in [5.74, 6) is -1.52. The first-order chi connectivity index (χ1) is 9.06. The third-order valence-corrected chi connectivity index (χ3v) is 3.28. The molecule has 1 aromatic carbocycles. The van der Waals surface area contributed by atoms with Gasteiger partial charge in [0.15, 0.2) is 0 Å². The first-order valence-electron chi connectivity index (χ1n) is 6.00. The third kappa shape index (κ3) is 3.61. The number of ether oxygens (including phenoxy) is 1. The van der Waals surface area contributed by atoms with Gasteiger partial charge in [0.1, 0.15) is 11.9 Å². The Balaban J connectivity index is 1.85. The predicted octanol–water partition coefficient (Wildman–Crippen LogP) is 1.79. The van der Waals surface area contributed by atoms with Crippen molar-refractivity contribution in [2.45, 2.75) is 18.9 Å². The lowest BCUT2D eigenvalue weighted by Gasteiger charge is -2.31. The zero-order chi connectivity index (χ0) is 13.8. The lowest BCUT2D eigenvalue weighted by atomic mass is 10.1. The number of hydrogen-bond donors (Lipinski definition) is 1. The molecule has 1 aliphatic heterocycles. The zero-order valence-corrected chi connectivity index (χ0v) is 11.0. The number of benzene rings is 1. The fourth-order valence-corrected chi connectivity index (χ4v) is 2.14. The molecule has 2 rings (SSSR count). The number of amides is 1. The molecule has 102 valence electrons. The van der Waals surface area contributed by atoms with Gasteiger partial charge in [0.05, 0.1) is 0 Å². The molecule has 6 heteroatoms. The van der Waals surface area contributed by atoms with Crippen molar-refractivity contribution in [1.82, 2.24) is 4.90 Å². The molecule has 1 saturated heterocycles. The van der Waals surface area contributed by atoms with Crippen molar-refractivity contribution in [3.63, 3.8) is 0 Å². The van der Waals surface area contributed by atoms with Gasteiger partial charge in [0, 0.05) is 31.0 Å². The number of rotatable bonds is 2. The summed E-state index contributed by atoms with van der Waals surface area (Å²) in [7, 11) is 0. The lowest BCUT2D eigenvalue weighted by molar-refractivity contribution is -0.156. The van der Waals surface area contributed by atoms with Crippen LogP contribution in [-0.4, -0.2) is 41.1 Å². The van der Waals surface area contributed by atoms with Gasteiger partial charge in [-0.2, -0.15) is 0 Å². The van der Waals surface area contributed by atoms with Gasteiger partial charge < -0.3 is 14.7 Å². The number of hydrogen-bond acceptors (Lipinski definition) is 3. The lowest BCUT2D eigenvalue weighted by Crippen LogP contribution is -2.44. The van der Waals surface area contributed by atoms with Crippen LogP contribution in [0.1, 0.15) is 12.8 Å². The minimum atomic E-state index is -1.41. The number of aliphatic carboxylic acids is 1. The van der Waals surface area contributed by atoms with E-state index >= 15 is 0 Å². The third-order valence-electron chi connectivity index (χ3n) is 3.03. The monoisotopic (exact) mass is 283 g/mol. The Bertz CT molecular complexity index is 466. The van der Waals surface area contributed by atoms with E-state index in [1.807, 2.05) is 0 Å². The first kappa shape index (κ1) is 13.7. The largest absolute Gasteiger partial charge is 0.490 e. The molecule has 0 saturated carbocycles. The predicted molar refractivity (Wildman–Crippen MR) is 69.3 cm³/mol. The molecule has 1 N–H and O–H groups in total. The maximum Gasteiger partial charge on any atom is 0.394 e.